The van der Waals surface area contributed by atoms with Gasteiger partial charge in [-0.3, -0.25) is 0 Å². The molecule has 18 heavy (non-hydrogen) atoms. The van der Waals surface area contributed by atoms with E-state index in [1.165, 1.54) is 30.4 Å². The van der Waals surface area contributed by atoms with Crippen molar-refractivity contribution in [2.45, 2.75) is 53.4 Å². The summed E-state index contributed by atoms with van der Waals surface area (Å²) in [5.74, 6) is 1.40. The minimum Gasteiger partial charge on any atom is -0.126 e. The Balaban J connectivity index is 2.40. The third kappa shape index (κ3) is 6.44. The molecular formula is C17H27Cl. The summed E-state index contributed by atoms with van der Waals surface area (Å²) in [5, 5.41) is 0. The van der Waals surface area contributed by atoms with Gasteiger partial charge in [-0.2, -0.15) is 0 Å². The number of hydrogen-bond donors (Lipinski definition) is 0. The molecule has 0 nitrogen and oxygen atoms in total. The SMILES string of the molecule is Cc1ccc(CC(CCl)CCCC(C)(C)C)cc1. The lowest BCUT2D eigenvalue weighted by molar-refractivity contribution is 0.343. The maximum atomic E-state index is 6.10. The fraction of sp³-hybridized carbons (Fsp3) is 0.647. The largest absolute Gasteiger partial charge is 0.126 e. The minimum atomic E-state index is 0.445. The van der Waals surface area contributed by atoms with Gasteiger partial charge in [0.1, 0.15) is 0 Å². The molecule has 0 bridgehead atoms. The second kappa shape index (κ2) is 7.19. The maximum absolute atomic E-state index is 6.10. The Morgan fingerprint density at radius 1 is 1.11 bits per heavy atom. The highest BCUT2D eigenvalue weighted by molar-refractivity contribution is 6.18. The van der Waals surface area contributed by atoms with Crippen LogP contribution in [0.4, 0.5) is 0 Å². The molecule has 1 rings (SSSR count). The minimum absolute atomic E-state index is 0.445. The first-order valence-electron chi connectivity index (χ1n) is 7.02. The molecule has 0 spiro atoms. The Hall–Kier alpha value is -0.490. The molecule has 0 fully saturated rings. The summed E-state index contributed by atoms with van der Waals surface area (Å²) in [5.41, 5.74) is 3.19. The van der Waals surface area contributed by atoms with E-state index in [1.807, 2.05) is 0 Å². The van der Waals surface area contributed by atoms with E-state index in [9.17, 15) is 0 Å². The van der Waals surface area contributed by atoms with Crippen molar-refractivity contribution in [1.82, 2.24) is 0 Å². The summed E-state index contributed by atoms with van der Waals surface area (Å²) >= 11 is 6.10. The summed E-state index contributed by atoms with van der Waals surface area (Å²) in [7, 11) is 0. The van der Waals surface area contributed by atoms with Crippen LogP contribution in [0, 0.1) is 18.3 Å². The molecule has 0 saturated carbocycles. The summed E-state index contributed by atoms with van der Waals surface area (Å²) in [6.45, 7) is 9.06. The zero-order chi connectivity index (χ0) is 13.6. The van der Waals surface area contributed by atoms with Crippen LogP contribution in [0.3, 0.4) is 0 Å². The van der Waals surface area contributed by atoms with Crippen molar-refractivity contribution in [2.24, 2.45) is 11.3 Å². The molecule has 0 heterocycles. The smallest absolute Gasteiger partial charge is 0.0254 e. The quantitative estimate of drug-likeness (QED) is 0.587. The first kappa shape index (κ1) is 15.6. The van der Waals surface area contributed by atoms with E-state index in [4.69, 9.17) is 11.6 Å². The van der Waals surface area contributed by atoms with Crippen LogP contribution in [-0.4, -0.2) is 5.88 Å². The van der Waals surface area contributed by atoms with Gasteiger partial charge in [0.05, 0.1) is 0 Å². The monoisotopic (exact) mass is 266 g/mol. The number of alkyl halides is 1. The molecule has 0 aromatic heterocycles. The summed E-state index contributed by atoms with van der Waals surface area (Å²) in [4.78, 5) is 0. The first-order chi connectivity index (χ1) is 8.40. The van der Waals surface area contributed by atoms with Crippen LogP contribution in [0.1, 0.15) is 51.2 Å². The van der Waals surface area contributed by atoms with Gasteiger partial charge in [-0.05, 0) is 43.1 Å². The van der Waals surface area contributed by atoms with Gasteiger partial charge >= 0.3 is 0 Å². The lowest BCUT2D eigenvalue weighted by atomic mass is 9.87. The Morgan fingerprint density at radius 2 is 1.72 bits per heavy atom. The highest BCUT2D eigenvalue weighted by Gasteiger charge is 2.13. The van der Waals surface area contributed by atoms with Crippen molar-refractivity contribution in [2.75, 3.05) is 5.88 Å². The molecule has 0 aliphatic carbocycles. The van der Waals surface area contributed by atoms with Gasteiger partial charge < -0.3 is 0 Å². The van der Waals surface area contributed by atoms with Crippen LogP contribution in [0.2, 0.25) is 0 Å². The van der Waals surface area contributed by atoms with Crippen molar-refractivity contribution in [3.05, 3.63) is 35.4 Å². The zero-order valence-electron chi connectivity index (χ0n) is 12.3. The molecule has 1 aromatic rings. The maximum Gasteiger partial charge on any atom is 0.0254 e. The van der Waals surface area contributed by atoms with Crippen molar-refractivity contribution in [3.8, 4) is 0 Å². The fourth-order valence-electron chi connectivity index (χ4n) is 2.21. The second-order valence-corrected chi connectivity index (χ2v) is 6.97. The molecule has 0 aliphatic heterocycles. The molecule has 1 aromatic carbocycles. The first-order valence-corrected chi connectivity index (χ1v) is 7.56. The molecule has 0 saturated heterocycles. The average Bonchev–Trinajstić information content (AvgIpc) is 2.29. The lowest BCUT2D eigenvalue weighted by Crippen LogP contribution is -2.10. The number of aryl methyl sites for hydroxylation is 1. The van der Waals surface area contributed by atoms with Crippen LogP contribution in [0.25, 0.3) is 0 Å². The molecule has 0 aliphatic rings. The summed E-state index contributed by atoms with van der Waals surface area (Å²) in [6.07, 6.45) is 4.93. The lowest BCUT2D eigenvalue weighted by Gasteiger charge is -2.20. The number of halogens is 1. The van der Waals surface area contributed by atoms with Gasteiger partial charge in [-0.25, -0.2) is 0 Å². The Bertz CT molecular complexity index is 332. The zero-order valence-corrected chi connectivity index (χ0v) is 13.1. The predicted octanol–water partition coefficient (Wildman–Crippen LogP) is 5.61. The van der Waals surface area contributed by atoms with E-state index in [2.05, 4.69) is 52.0 Å². The number of benzene rings is 1. The second-order valence-electron chi connectivity index (χ2n) is 6.66. The van der Waals surface area contributed by atoms with Gasteiger partial charge in [-0.1, -0.05) is 57.0 Å². The van der Waals surface area contributed by atoms with E-state index in [1.54, 1.807) is 0 Å². The van der Waals surface area contributed by atoms with Crippen molar-refractivity contribution < 1.29 is 0 Å². The Kier molecular flexibility index (Phi) is 6.21. The Morgan fingerprint density at radius 3 is 2.22 bits per heavy atom. The van der Waals surface area contributed by atoms with Gasteiger partial charge in [0.15, 0.2) is 0 Å². The third-order valence-corrected chi connectivity index (χ3v) is 3.84. The third-order valence-electron chi connectivity index (χ3n) is 3.40. The van der Waals surface area contributed by atoms with E-state index in [-0.39, 0.29) is 0 Å². The van der Waals surface area contributed by atoms with Crippen LogP contribution in [-0.2, 0) is 6.42 Å². The van der Waals surface area contributed by atoms with Crippen LogP contribution < -0.4 is 0 Å². The molecule has 102 valence electrons. The van der Waals surface area contributed by atoms with Crippen LogP contribution in [0.15, 0.2) is 24.3 Å². The van der Waals surface area contributed by atoms with Crippen LogP contribution in [0.5, 0.6) is 0 Å². The molecule has 1 heteroatoms. The van der Waals surface area contributed by atoms with Crippen molar-refractivity contribution >= 4 is 11.6 Å². The standard InChI is InChI=1S/C17H27Cl/c1-14-7-9-15(10-8-14)12-16(13-18)6-5-11-17(2,3)4/h7-10,16H,5-6,11-13H2,1-4H3. The molecular weight excluding hydrogens is 240 g/mol. The number of hydrogen-bond acceptors (Lipinski definition) is 0. The van der Waals surface area contributed by atoms with E-state index in [0.29, 0.717) is 11.3 Å². The van der Waals surface area contributed by atoms with Crippen LogP contribution >= 0.6 is 11.6 Å². The van der Waals surface area contributed by atoms with E-state index in [0.717, 1.165) is 12.3 Å². The van der Waals surface area contributed by atoms with Crippen molar-refractivity contribution in [3.63, 3.8) is 0 Å². The predicted molar refractivity (Wildman–Crippen MR) is 82.4 cm³/mol. The van der Waals surface area contributed by atoms with Gasteiger partial charge in [0, 0.05) is 5.88 Å². The molecule has 0 amide bonds. The number of rotatable bonds is 6. The normalized spacial score (nSPS) is 13.6. The molecule has 1 atom stereocenters. The topological polar surface area (TPSA) is 0 Å². The van der Waals surface area contributed by atoms with E-state index < -0.39 is 0 Å². The van der Waals surface area contributed by atoms with E-state index >= 15 is 0 Å². The average molecular weight is 267 g/mol. The van der Waals surface area contributed by atoms with Gasteiger partial charge in [0.25, 0.3) is 0 Å². The van der Waals surface area contributed by atoms with Gasteiger partial charge in [0.2, 0.25) is 0 Å². The highest BCUT2D eigenvalue weighted by Crippen LogP contribution is 2.25. The molecule has 1 unspecified atom stereocenters. The van der Waals surface area contributed by atoms with Gasteiger partial charge in [-0.15, -0.1) is 11.6 Å². The summed E-state index contributed by atoms with van der Waals surface area (Å²) in [6, 6.07) is 8.85. The molecule has 0 N–H and O–H groups in total. The fourth-order valence-corrected chi connectivity index (χ4v) is 2.48. The highest BCUT2D eigenvalue weighted by atomic mass is 35.5. The molecule has 0 radical (unpaired) electrons. The summed E-state index contributed by atoms with van der Waals surface area (Å²) < 4.78 is 0. The van der Waals surface area contributed by atoms with Crippen molar-refractivity contribution in [1.29, 1.82) is 0 Å². The Labute approximate surface area is 118 Å².